The molecule has 0 heterocycles. The Bertz CT molecular complexity index is 534. The standard InChI is InChI=1S/C14H18N2O4/c1-9(2)6-7-15-14(19)16-12-5-4-10(20-3)8-11(12)13(17)18/h4-6,8H,7H2,1-3H3,(H,17,18)(H2,15,16,19). The van der Waals surface area contributed by atoms with Crippen molar-refractivity contribution in [3.8, 4) is 5.75 Å². The number of ether oxygens (including phenoxy) is 1. The van der Waals surface area contributed by atoms with Gasteiger partial charge in [0.15, 0.2) is 0 Å². The van der Waals surface area contributed by atoms with Crippen molar-refractivity contribution in [3.05, 3.63) is 35.4 Å². The lowest BCUT2D eigenvalue weighted by atomic mass is 10.1. The van der Waals surface area contributed by atoms with Crippen LogP contribution in [-0.4, -0.2) is 30.8 Å². The van der Waals surface area contributed by atoms with Crippen LogP contribution in [0.4, 0.5) is 10.5 Å². The first kappa shape index (κ1) is 15.6. The minimum Gasteiger partial charge on any atom is -0.497 e. The Morgan fingerprint density at radius 3 is 2.60 bits per heavy atom. The minimum absolute atomic E-state index is 0.0262. The highest BCUT2D eigenvalue weighted by molar-refractivity contribution is 6.00. The molecular formula is C14H18N2O4. The fourth-order valence-corrected chi connectivity index (χ4v) is 1.45. The van der Waals surface area contributed by atoms with Crippen molar-refractivity contribution < 1.29 is 19.4 Å². The number of anilines is 1. The van der Waals surface area contributed by atoms with Crippen molar-refractivity contribution in [2.45, 2.75) is 13.8 Å². The first-order chi connectivity index (χ1) is 9.43. The molecule has 0 unspecified atom stereocenters. The molecule has 0 aliphatic rings. The first-order valence-electron chi connectivity index (χ1n) is 6.03. The summed E-state index contributed by atoms with van der Waals surface area (Å²) in [6.07, 6.45) is 1.85. The van der Waals surface area contributed by atoms with E-state index < -0.39 is 12.0 Å². The molecule has 0 saturated carbocycles. The first-order valence-corrected chi connectivity index (χ1v) is 6.03. The molecule has 1 aromatic rings. The van der Waals surface area contributed by atoms with Crippen molar-refractivity contribution in [3.63, 3.8) is 0 Å². The lowest BCUT2D eigenvalue weighted by molar-refractivity contribution is 0.0697. The number of hydrogen-bond donors (Lipinski definition) is 3. The molecule has 1 aromatic carbocycles. The number of methoxy groups -OCH3 is 1. The average molecular weight is 278 g/mol. The van der Waals surface area contributed by atoms with Crippen LogP contribution in [0.1, 0.15) is 24.2 Å². The van der Waals surface area contributed by atoms with Crippen molar-refractivity contribution in [2.24, 2.45) is 0 Å². The normalized spacial score (nSPS) is 9.55. The Hall–Kier alpha value is -2.50. The smallest absolute Gasteiger partial charge is 0.337 e. The zero-order chi connectivity index (χ0) is 15.1. The number of amides is 2. The predicted octanol–water partition coefficient (Wildman–Crippen LogP) is 2.48. The molecule has 0 fully saturated rings. The van der Waals surface area contributed by atoms with E-state index in [2.05, 4.69) is 10.6 Å². The number of carboxylic acids is 1. The van der Waals surface area contributed by atoms with Gasteiger partial charge in [0.1, 0.15) is 5.75 Å². The SMILES string of the molecule is COc1ccc(NC(=O)NCC=C(C)C)c(C(=O)O)c1. The Labute approximate surface area is 117 Å². The van der Waals surface area contributed by atoms with Gasteiger partial charge in [0.05, 0.1) is 18.4 Å². The Balaban J connectivity index is 2.78. The fourth-order valence-electron chi connectivity index (χ4n) is 1.45. The quantitative estimate of drug-likeness (QED) is 0.722. The van der Waals surface area contributed by atoms with E-state index in [1.165, 1.54) is 19.2 Å². The number of hydrogen-bond acceptors (Lipinski definition) is 3. The molecule has 2 amide bonds. The number of urea groups is 1. The number of aromatic carboxylic acids is 1. The monoisotopic (exact) mass is 278 g/mol. The summed E-state index contributed by atoms with van der Waals surface area (Å²) in [5, 5.41) is 14.2. The summed E-state index contributed by atoms with van der Waals surface area (Å²) in [7, 11) is 1.44. The van der Waals surface area contributed by atoms with Gasteiger partial charge in [0.25, 0.3) is 0 Å². The molecule has 0 aliphatic carbocycles. The van der Waals surface area contributed by atoms with Crippen molar-refractivity contribution >= 4 is 17.7 Å². The minimum atomic E-state index is -1.14. The van der Waals surface area contributed by atoms with E-state index in [1.807, 2.05) is 19.9 Å². The number of carboxylic acid groups (broad SMARTS) is 1. The second-order valence-corrected chi connectivity index (χ2v) is 4.33. The van der Waals surface area contributed by atoms with Crippen LogP contribution in [0.3, 0.4) is 0 Å². The van der Waals surface area contributed by atoms with E-state index in [0.29, 0.717) is 12.3 Å². The van der Waals surface area contributed by atoms with Crippen LogP contribution in [0.25, 0.3) is 0 Å². The van der Waals surface area contributed by atoms with Gasteiger partial charge >= 0.3 is 12.0 Å². The topological polar surface area (TPSA) is 87.7 Å². The largest absolute Gasteiger partial charge is 0.497 e. The van der Waals surface area contributed by atoms with Gasteiger partial charge in [0.2, 0.25) is 0 Å². The molecule has 0 atom stereocenters. The van der Waals surface area contributed by atoms with Crippen molar-refractivity contribution in [2.75, 3.05) is 19.0 Å². The number of carbonyl (C=O) groups is 2. The van der Waals surface area contributed by atoms with E-state index in [4.69, 9.17) is 9.84 Å². The maximum Gasteiger partial charge on any atom is 0.337 e. The number of rotatable bonds is 5. The Morgan fingerprint density at radius 1 is 1.35 bits per heavy atom. The summed E-state index contributed by atoms with van der Waals surface area (Å²) in [5.41, 5.74) is 1.27. The molecule has 108 valence electrons. The molecule has 6 heteroatoms. The number of nitrogens with one attached hydrogen (secondary N) is 2. The van der Waals surface area contributed by atoms with Gasteiger partial charge in [0, 0.05) is 6.54 Å². The van der Waals surface area contributed by atoms with Gasteiger partial charge < -0.3 is 20.5 Å². The third kappa shape index (κ3) is 4.64. The van der Waals surface area contributed by atoms with Gasteiger partial charge in [-0.1, -0.05) is 11.6 Å². The van der Waals surface area contributed by atoms with Crippen LogP contribution >= 0.6 is 0 Å². The van der Waals surface area contributed by atoms with E-state index >= 15 is 0 Å². The molecule has 0 bridgehead atoms. The van der Waals surface area contributed by atoms with Crippen molar-refractivity contribution in [1.29, 1.82) is 0 Å². The average Bonchev–Trinajstić information content (AvgIpc) is 2.38. The number of carbonyl (C=O) groups excluding carboxylic acids is 1. The lowest BCUT2D eigenvalue weighted by Gasteiger charge is -2.10. The third-order valence-electron chi connectivity index (χ3n) is 2.48. The zero-order valence-corrected chi connectivity index (χ0v) is 11.7. The molecule has 0 spiro atoms. The summed E-state index contributed by atoms with van der Waals surface area (Å²) in [6.45, 7) is 4.23. The van der Waals surface area contributed by atoms with E-state index in [9.17, 15) is 9.59 Å². The lowest BCUT2D eigenvalue weighted by Crippen LogP contribution is -2.29. The van der Waals surface area contributed by atoms with E-state index in [0.717, 1.165) is 5.57 Å². The third-order valence-corrected chi connectivity index (χ3v) is 2.48. The van der Waals surface area contributed by atoms with E-state index in [1.54, 1.807) is 6.07 Å². The van der Waals surface area contributed by atoms with Crippen LogP contribution < -0.4 is 15.4 Å². The highest BCUT2D eigenvalue weighted by atomic mass is 16.5. The molecule has 20 heavy (non-hydrogen) atoms. The van der Waals surface area contributed by atoms with Gasteiger partial charge in [-0.25, -0.2) is 9.59 Å². The summed E-state index contributed by atoms with van der Waals surface area (Å²) in [4.78, 5) is 22.8. The molecule has 3 N–H and O–H groups in total. The molecule has 0 radical (unpaired) electrons. The van der Waals surface area contributed by atoms with Crippen molar-refractivity contribution in [1.82, 2.24) is 5.32 Å². The van der Waals surface area contributed by atoms with Crippen LogP contribution in [0.5, 0.6) is 5.75 Å². The van der Waals surface area contributed by atoms with Gasteiger partial charge in [-0.3, -0.25) is 0 Å². The molecule has 0 aromatic heterocycles. The summed E-state index contributed by atoms with van der Waals surface area (Å²) < 4.78 is 4.96. The Kier molecular flexibility index (Phi) is 5.58. The maximum atomic E-state index is 11.6. The van der Waals surface area contributed by atoms with E-state index in [-0.39, 0.29) is 11.3 Å². The Morgan fingerprint density at radius 2 is 2.05 bits per heavy atom. The number of benzene rings is 1. The molecule has 0 aliphatic heterocycles. The molecular weight excluding hydrogens is 260 g/mol. The van der Waals surface area contributed by atoms with Crippen LogP contribution in [0, 0.1) is 0 Å². The van der Waals surface area contributed by atoms with Gasteiger partial charge in [-0.05, 0) is 32.0 Å². The second-order valence-electron chi connectivity index (χ2n) is 4.33. The highest BCUT2D eigenvalue weighted by Crippen LogP contribution is 2.22. The summed E-state index contributed by atoms with van der Waals surface area (Å²) in [5.74, 6) is -0.721. The molecule has 1 rings (SSSR count). The zero-order valence-electron chi connectivity index (χ0n) is 11.7. The molecule has 0 saturated heterocycles. The van der Waals surface area contributed by atoms with Crippen LogP contribution in [0.15, 0.2) is 29.8 Å². The number of allylic oxidation sites excluding steroid dienone is 1. The highest BCUT2D eigenvalue weighted by Gasteiger charge is 2.13. The maximum absolute atomic E-state index is 11.6. The molecule has 6 nitrogen and oxygen atoms in total. The van der Waals surface area contributed by atoms with Crippen LogP contribution in [0.2, 0.25) is 0 Å². The summed E-state index contributed by atoms with van der Waals surface area (Å²) >= 11 is 0. The van der Waals surface area contributed by atoms with Gasteiger partial charge in [-0.2, -0.15) is 0 Å². The fraction of sp³-hybridized carbons (Fsp3) is 0.286. The predicted molar refractivity (Wildman–Crippen MR) is 76.4 cm³/mol. The van der Waals surface area contributed by atoms with Gasteiger partial charge in [-0.15, -0.1) is 0 Å². The summed E-state index contributed by atoms with van der Waals surface area (Å²) in [6, 6.07) is 3.96. The van der Waals surface area contributed by atoms with Crippen LogP contribution in [-0.2, 0) is 0 Å². The second kappa shape index (κ2) is 7.18.